The predicted molar refractivity (Wildman–Crippen MR) is 156 cm³/mol. The van der Waals surface area contributed by atoms with E-state index in [-0.39, 0.29) is 37.0 Å². The van der Waals surface area contributed by atoms with E-state index in [2.05, 4.69) is 31.7 Å². The number of carbonyl (C=O) groups excluding carboxylic acids is 1. The normalized spacial score (nSPS) is 16.9. The number of halogens is 5. The second kappa shape index (κ2) is 11.9. The fourth-order valence-electron chi connectivity index (χ4n) is 4.95. The zero-order valence-electron chi connectivity index (χ0n) is 22.3. The summed E-state index contributed by atoms with van der Waals surface area (Å²) in [4.78, 5) is 12.4. The summed E-state index contributed by atoms with van der Waals surface area (Å²) in [6.45, 7) is 0.235. The highest BCUT2D eigenvalue weighted by Gasteiger charge is 2.43. The van der Waals surface area contributed by atoms with Crippen LogP contribution >= 0.6 is 27.5 Å². The second-order valence-electron chi connectivity index (χ2n) is 9.96. The van der Waals surface area contributed by atoms with Gasteiger partial charge < -0.3 is 15.5 Å². The molecule has 2 aromatic carbocycles. The Morgan fingerprint density at radius 2 is 2.00 bits per heavy atom. The molecule has 9 nitrogen and oxygen atoms in total. The van der Waals surface area contributed by atoms with Crippen molar-refractivity contribution in [3.8, 4) is 0 Å². The lowest BCUT2D eigenvalue weighted by molar-refractivity contribution is -0.186. The van der Waals surface area contributed by atoms with Crippen LogP contribution in [0.1, 0.15) is 29.2 Å². The lowest BCUT2D eigenvalue weighted by atomic mass is 10.00. The van der Waals surface area contributed by atoms with Gasteiger partial charge in [0.1, 0.15) is 11.6 Å². The third-order valence-corrected chi connectivity index (χ3v) is 9.97. The molecular weight excluding hydrogens is 661 g/mol. The van der Waals surface area contributed by atoms with Gasteiger partial charge in [0.05, 0.1) is 21.6 Å². The van der Waals surface area contributed by atoms with Crippen molar-refractivity contribution in [2.45, 2.75) is 36.5 Å². The number of fused-ring (bicyclic) bond motifs is 2. The van der Waals surface area contributed by atoms with Crippen LogP contribution in [0, 0.1) is 0 Å². The molecular formula is C27H27BrClF3N6O3S. The molecule has 2 aliphatic rings. The van der Waals surface area contributed by atoms with Crippen molar-refractivity contribution in [3.63, 3.8) is 0 Å². The number of anilines is 1. The largest absolute Gasteiger partial charge is 0.471 e. The minimum absolute atomic E-state index is 0.0345. The maximum atomic E-state index is 13.3. The first-order valence-corrected chi connectivity index (χ1v) is 15.6. The standard InChI is InChI=1S/C27H27BrClF3N6O3S/c1-36(42(40,41)19-8-7-17-9-12-37(16-18(17)13-19)26(39)27(30,31)32)11-4-10-33-24-14-23(20-5-2-3-6-22(20)29)35-25-21(28)15-34-38(24)25/h2-3,5-8,13-15,23,33,35H,4,9-12,16H2,1H3. The number of aromatic nitrogens is 2. The fraction of sp³-hybridized carbons (Fsp3) is 0.333. The number of hydrogen-bond donors (Lipinski definition) is 2. The Balaban J connectivity index is 1.23. The number of alkyl halides is 3. The van der Waals surface area contributed by atoms with Crippen LogP contribution < -0.4 is 10.6 Å². The molecule has 2 aliphatic heterocycles. The van der Waals surface area contributed by atoms with Crippen LogP contribution in [0.2, 0.25) is 5.02 Å². The monoisotopic (exact) mass is 686 g/mol. The number of hydrogen-bond acceptors (Lipinski definition) is 6. The second-order valence-corrected chi connectivity index (χ2v) is 13.3. The third-order valence-electron chi connectivity index (χ3n) is 7.19. The van der Waals surface area contributed by atoms with E-state index in [4.69, 9.17) is 11.6 Å². The van der Waals surface area contributed by atoms with E-state index < -0.39 is 22.1 Å². The van der Waals surface area contributed by atoms with Crippen molar-refractivity contribution in [2.75, 3.05) is 32.0 Å². The number of rotatable bonds is 8. The highest BCUT2D eigenvalue weighted by atomic mass is 79.9. The Hall–Kier alpha value is -3.07. The fourth-order valence-corrected chi connectivity index (χ4v) is 6.84. The van der Waals surface area contributed by atoms with Crippen molar-refractivity contribution >= 4 is 55.1 Å². The molecule has 0 radical (unpaired) electrons. The molecule has 224 valence electrons. The van der Waals surface area contributed by atoms with Gasteiger partial charge in [-0.25, -0.2) is 17.4 Å². The molecule has 42 heavy (non-hydrogen) atoms. The number of sulfonamides is 1. The molecule has 0 spiro atoms. The molecule has 1 unspecified atom stereocenters. The number of benzene rings is 2. The van der Waals surface area contributed by atoms with Crippen LogP contribution in [-0.4, -0.2) is 66.2 Å². The van der Waals surface area contributed by atoms with Crippen LogP contribution in [0.15, 0.2) is 64.1 Å². The third kappa shape index (κ3) is 6.17. The summed E-state index contributed by atoms with van der Waals surface area (Å²) in [5, 5.41) is 11.7. The van der Waals surface area contributed by atoms with Gasteiger partial charge in [-0.3, -0.25) is 4.79 Å². The molecule has 1 aromatic heterocycles. The van der Waals surface area contributed by atoms with Crippen LogP contribution in [-0.2, 0) is 27.8 Å². The summed E-state index contributed by atoms with van der Waals surface area (Å²) < 4.78 is 69.0. The molecule has 1 atom stereocenters. The molecule has 2 N–H and O–H groups in total. The van der Waals surface area contributed by atoms with Gasteiger partial charge in [-0.05, 0) is 69.7 Å². The smallest absolute Gasteiger partial charge is 0.370 e. The summed E-state index contributed by atoms with van der Waals surface area (Å²) in [5.74, 6) is -0.479. The van der Waals surface area contributed by atoms with Gasteiger partial charge in [0.25, 0.3) is 0 Å². The van der Waals surface area contributed by atoms with Crippen molar-refractivity contribution < 1.29 is 26.4 Å². The topological polar surface area (TPSA) is 99.6 Å². The van der Waals surface area contributed by atoms with E-state index in [9.17, 15) is 26.4 Å². The Labute approximate surface area is 254 Å². The first kappa shape index (κ1) is 30.4. The summed E-state index contributed by atoms with van der Waals surface area (Å²) in [6, 6.07) is 11.7. The zero-order chi connectivity index (χ0) is 30.2. The van der Waals surface area contributed by atoms with Gasteiger partial charge in [0.15, 0.2) is 0 Å². The van der Waals surface area contributed by atoms with Crippen LogP contribution in [0.3, 0.4) is 0 Å². The highest BCUT2D eigenvalue weighted by Crippen LogP contribution is 2.36. The van der Waals surface area contributed by atoms with E-state index in [0.717, 1.165) is 21.4 Å². The average molecular weight is 688 g/mol. The molecule has 3 aromatic rings. The Morgan fingerprint density at radius 3 is 2.74 bits per heavy atom. The molecule has 1 amide bonds. The Bertz CT molecular complexity index is 1650. The Morgan fingerprint density at radius 1 is 1.24 bits per heavy atom. The van der Waals surface area contributed by atoms with E-state index >= 15 is 0 Å². The quantitative estimate of drug-likeness (QED) is 0.323. The van der Waals surface area contributed by atoms with Crippen LogP contribution in [0.5, 0.6) is 0 Å². The van der Waals surface area contributed by atoms with Gasteiger partial charge in [-0.2, -0.15) is 18.3 Å². The summed E-state index contributed by atoms with van der Waals surface area (Å²) in [7, 11) is -2.47. The van der Waals surface area contributed by atoms with Gasteiger partial charge in [-0.1, -0.05) is 35.9 Å². The van der Waals surface area contributed by atoms with E-state index in [0.29, 0.717) is 34.3 Å². The molecule has 0 aliphatic carbocycles. The molecule has 15 heteroatoms. The highest BCUT2D eigenvalue weighted by molar-refractivity contribution is 9.10. The number of nitrogens with zero attached hydrogens (tertiary/aromatic N) is 4. The zero-order valence-corrected chi connectivity index (χ0v) is 25.5. The number of carbonyl (C=O) groups is 1. The van der Waals surface area contributed by atoms with Crippen molar-refractivity contribution in [3.05, 3.63) is 80.9 Å². The number of nitrogens with one attached hydrogen (secondary N) is 2. The van der Waals surface area contributed by atoms with Gasteiger partial charge in [0, 0.05) is 38.2 Å². The van der Waals surface area contributed by atoms with Crippen molar-refractivity contribution in [1.82, 2.24) is 24.3 Å². The predicted octanol–water partition coefficient (Wildman–Crippen LogP) is 5.01. The first-order valence-electron chi connectivity index (χ1n) is 13.0. The van der Waals surface area contributed by atoms with Gasteiger partial charge >= 0.3 is 12.1 Å². The van der Waals surface area contributed by atoms with Gasteiger partial charge in [-0.15, -0.1) is 0 Å². The molecule has 0 saturated heterocycles. The summed E-state index contributed by atoms with van der Waals surface area (Å²) >= 11 is 9.94. The number of amides is 1. The minimum atomic E-state index is -4.98. The Kier molecular flexibility index (Phi) is 8.61. The lowest BCUT2D eigenvalue weighted by Gasteiger charge is -2.30. The minimum Gasteiger partial charge on any atom is -0.370 e. The maximum absolute atomic E-state index is 13.3. The average Bonchev–Trinajstić information content (AvgIpc) is 3.34. The first-order chi connectivity index (χ1) is 19.9. The molecule has 0 fully saturated rings. The van der Waals surface area contributed by atoms with Crippen molar-refractivity contribution in [1.29, 1.82) is 0 Å². The van der Waals surface area contributed by atoms with E-state index in [1.54, 1.807) is 16.9 Å². The maximum Gasteiger partial charge on any atom is 0.471 e. The van der Waals surface area contributed by atoms with Gasteiger partial charge in [0.2, 0.25) is 10.0 Å². The molecule has 0 saturated carbocycles. The SMILES string of the molecule is CN(CCCNC1=CC(c2ccccc2Cl)Nc2c(Br)cnn21)S(=O)(=O)c1ccc2c(c1)CN(C(=O)C(F)(F)F)CC2. The van der Waals surface area contributed by atoms with Crippen molar-refractivity contribution in [2.24, 2.45) is 0 Å². The molecule has 5 rings (SSSR count). The molecule has 3 heterocycles. The summed E-state index contributed by atoms with van der Waals surface area (Å²) in [5.41, 5.74) is 2.00. The van der Waals surface area contributed by atoms with E-state index in [1.165, 1.54) is 23.5 Å². The lowest BCUT2D eigenvalue weighted by Crippen LogP contribution is -2.43. The van der Waals surface area contributed by atoms with E-state index in [1.807, 2.05) is 30.3 Å². The summed E-state index contributed by atoms with van der Waals surface area (Å²) in [6.07, 6.45) is -0.688. The molecule has 0 bridgehead atoms. The van der Waals surface area contributed by atoms with Crippen LogP contribution in [0.4, 0.5) is 19.0 Å². The van der Waals surface area contributed by atoms with Crippen LogP contribution in [0.25, 0.3) is 5.82 Å².